The summed E-state index contributed by atoms with van der Waals surface area (Å²) in [5.74, 6) is 0.399. The Kier molecular flexibility index (Phi) is 2.89. The summed E-state index contributed by atoms with van der Waals surface area (Å²) in [5, 5.41) is 19.8. The van der Waals surface area contributed by atoms with Crippen molar-refractivity contribution in [1.82, 2.24) is 0 Å². The van der Waals surface area contributed by atoms with Gasteiger partial charge in [0.2, 0.25) is 5.91 Å². The summed E-state index contributed by atoms with van der Waals surface area (Å²) in [6, 6.07) is 13.9. The lowest BCUT2D eigenvalue weighted by atomic mass is 9.77. The number of nitrogens with zero attached hydrogens (tertiary/aromatic N) is 1. The Morgan fingerprint density at radius 2 is 1.85 bits per heavy atom. The molecule has 0 radical (unpaired) electrons. The molecule has 2 aromatic carbocycles. The van der Waals surface area contributed by atoms with E-state index in [0.717, 1.165) is 11.3 Å². The van der Waals surface area contributed by atoms with Gasteiger partial charge < -0.3 is 24.3 Å². The van der Waals surface area contributed by atoms with Gasteiger partial charge in [-0.25, -0.2) is 0 Å². The first-order valence-corrected chi connectivity index (χ1v) is 8.24. The molecule has 26 heavy (non-hydrogen) atoms. The number of phenols is 2. The van der Waals surface area contributed by atoms with Crippen molar-refractivity contribution in [3.8, 4) is 17.2 Å². The standard InChI is InChI=1S/C20H15NO5/c22-16-8-14-18(9-17(16)23)26-11-20(14)13-5-1-2-6-15(13)21(19(20)24)10-12-4-3-7-25-12/h1-9,22-23H,10-11H2. The topological polar surface area (TPSA) is 83.1 Å². The first-order valence-electron chi connectivity index (χ1n) is 8.24. The van der Waals surface area contributed by atoms with Crippen LogP contribution >= 0.6 is 0 Å². The molecule has 0 bridgehead atoms. The molecule has 1 unspecified atom stereocenters. The van der Waals surface area contributed by atoms with Crippen LogP contribution in [-0.4, -0.2) is 22.7 Å². The number of fused-ring (bicyclic) bond motifs is 4. The van der Waals surface area contributed by atoms with Crippen molar-refractivity contribution in [3.05, 3.63) is 71.7 Å². The molecule has 6 heteroatoms. The first-order chi connectivity index (χ1) is 12.6. The van der Waals surface area contributed by atoms with E-state index in [1.54, 1.807) is 17.2 Å². The zero-order valence-electron chi connectivity index (χ0n) is 13.7. The van der Waals surface area contributed by atoms with Gasteiger partial charge in [0.25, 0.3) is 0 Å². The van der Waals surface area contributed by atoms with E-state index in [9.17, 15) is 15.0 Å². The summed E-state index contributed by atoms with van der Waals surface area (Å²) in [7, 11) is 0. The molecule has 2 N–H and O–H groups in total. The van der Waals surface area contributed by atoms with Gasteiger partial charge in [-0.2, -0.15) is 0 Å². The number of anilines is 1. The van der Waals surface area contributed by atoms with Crippen molar-refractivity contribution in [1.29, 1.82) is 0 Å². The van der Waals surface area contributed by atoms with Crippen LogP contribution in [0.2, 0.25) is 0 Å². The average molecular weight is 349 g/mol. The third kappa shape index (κ3) is 1.78. The lowest BCUT2D eigenvalue weighted by Crippen LogP contribution is -2.42. The van der Waals surface area contributed by atoms with Gasteiger partial charge in [-0.3, -0.25) is 4.79 Å². The molecule has 0 aliphatic carbocycles. The van der Waals surface area contributed by atoms with E-state index in [-0.39, 0.29) is 24.0 Å². The highest BCUT2D eigenvalue weighted by molar-refractivity contribution is 6.11. The number of amides is 1. The minimum Gasteiger partial charge on any atom is -0.504 e. The molecular weight excluding hydrogens is 334 g/mol. The maximum atomic E-state index is 13.5. The Morgan fingerprint density at radius 3 is 2.65 bits per heavy atom. The Morgan fingerprint density at radius 1 is 1.04 bits per heavy atom. The fourth-order valence-corrected chi connectivity index (χ4v) is 3.91. The molecule has 0 fully saturated rings. The Bertz CT molecular complexity index is 1030. The number of aromatic hydroxyl groups is 2. The number of carbonyl (C=O) groups excluding carboxylic acids is 1. The average Bonchev–Trinajstić information content (AvgIpc) is 3.33. The van der Waals surface area contributed by atoms with Crippen molar-refractivity contribution in [2.45, 2.75) is 12.0 Å². The second kappa shape index (κ2) is 5.05. The monoisotopic (exact) mass is 349 g/mol. The van der Waals surface area contributed by atoms with E-state index in [4.69, 9.17) is 9.15 Å². The quantitative estimate of drug-likeness (QED) is 0.695. The molecule has 3 heterocycles. The van der Waals surface area contributed by atoms with Crippen LogP contribution in [0.4, 0.5) is 5.69 Å². The van der Waals surface area contributed by atoms with Gasteiger partial charge in [-0.05, 0) is 29.8 Å². The van der Waals surface area contributed by atoms with Gasteiger partial charge in [0.15, 0.2) is 11.5 Å². The third-order valence-corrected chi connectivity index (χ3v) is 5.14. The van der Waals surface area contributed by atoms with Crippen LogP contribution in [0.5, 0.6) is 17.2 Å². The smallest absolute Gasteiger partial charge is 0.246 e. The highest BCUT2D eigenvalue weighted by Crippen LogP contribution is 2.54. The minimum absolute atomic E-state index is 0.121. The highest BCUT2D eigenvalue weighted by atomic mass is 16.5. The van der Waals surface area contributed by atoms with E-state index >= 15 is 0 Å². The summed E-state index contributed by atoms with van der Waals surface area (Å²) in [6.07, 6.45) is 1.58. The molecule has 3 aromatic rings. The zero-order valence-corrected chi connectivity index (χ0v) is 13.7. The van der Waals surface area contributed by atoms with Crippen molar-refractivity contribution < 1.29 is 24.2 Å². The van der Waals surface area contributed by atoms with Crippen LogP contribution in [0.3, 0.4) is 0 Å². The maximum Gasteiger partial charge on any atom is 0.246 e. The number of phenolic OH excluding ortho intramolecular Hbond substituents is 2. The predicted octanol–water partition coefficient (Wildman–Crippen LogP) is 2.92. The van der Waals surface area contributed by atoms with Crippen LogP contribution in [-0.2, 0) is 16.8 Å². The van der Waals surface area contributed by atoms with Gasteiger partial charge in [0, 0.05) is 17.3 Å². The van der Waals surface area contributed by atoms with E-state index < -0.39 is 5.41 Å². The van der Waals surface area contributed by atoms with E-state index in [1.165, 1.54) is 12.1 Å². The Labute approximate surface area is 148 Å². The molecule has 1 amide bonds. The number of furan rings is 1. The number of hydrogen-bond donors (Lipinski definition) is 2. The molecule has 0 saturated heterocycles. The van der Waals surface area contributed by atoms with Crippen molar-refractivity contribution >= 4 is 11.6 Å². The van der Waals surface area contributed by atoms with Crippen molar-refractivity contribution in [2.75, 3.05) is 11.5 Å². The normalized spacial score (nSPS) is 20.3. The highest BCUT2D eigenvalue weighted by Gasteiger charge is 2.57. The van der Waals surface area contributed by atoms with Crippen molar-refractivity contribution in [2.24, 2.45) is 0 Å². The van der Waals surface area contributed by atoms with Gasteiger partial charge in [0.1, 0.15) is 23.5 Å². The largest absolute Gasteiger partial charge is 0.504 e. The van der Waals surface area contributed by atoms with Gasteiger partial charge in [0.05, 0.1) is 12.8 Å². The first kappa shape index (κ1) is 14.9. The van der Waals surface area contributed by atoms with E-state index in [1.807, 2.05) is 30.3 Å². The van der Waals surface area contributed by atoms with Crippen LogP contribution in [0.1, 0.15) is 16.9 Å². The van der Waals surface area contributed by atoms with Gasteiger partial charge >= 0.3 is 0 Å². The number of para-hydroxylation sites is 1. The summed E-state index contributed by atoms with van der Waals surface area (Å²) < 4.78 is 11.2. The number of benzene rings is 2. The molecule has 2 aliphatic heterocycles. The molecular formula is C20H15NO5. The van der Waals surface area contributed by atoms with E-state index in [0.29, 0.717) is 23.6 Å². The summed E-state index contributed by atoms with van der Waals surface area (Å²) in [5.41, 5.74) is 1.13. The fourth-order valence-electron chi connectivity index (χ4n) is 3.91. The maximum absolute atomic E-state index is 13.5. The molecule has 1 spiro atoms. The lowest BCUT2D eigenvalue weighted by Gasteiger charge is -2.22. The second-order valence-electron chi connectivity index (χ2n) is 6.52. The van der Waals surface area contributed by atoms with Crippen LogP contribution in [0.25, 0.3) is 0 Å². The lowest BCUT2D eigenvalue weighted by molar-refractivity contribution is -0.122. The summed E-state index contributed by atoms with van der Waals surface area (Å²) in [4.78, 5) is 15.2. The Balaban J connectivity index is 1.70. The Hall–Kier alpha value is -3.41. The number of hydrogen-bond acceptors (Lipinski definition) is 5. The van der Waals surface area contributed by atoms with Crippen LogP contribution in [0.15, 0.2) is 59.2 Å². The SMILES string of the molecule is O=C1N(Cc2ccco2)c2ccccc2C12COc1cc(O)c(O)cc12. The van der Waals surface area contributed by atoms with Gasteiger partial charge in [-0.15, -0.1) is 0 Å². The second-order valence-corrected chi connectivity index (χ2v) is 6.52. The van der Waals surface area contributed by atoms with Crippen LogP contribution in [0, 0.1) is 0 Å². The summed E-state index contributed by atoms with van der Waals surface area (Å²) in [6.45, 7) is 0.430. The fraction of sp³-hybridized carbons (Fsp3) is 0.150. The molecule has 1 aromatic heterocycles. The molecule has 5 rings (SSSR count). The van der Waals surface area contributed by atoms with E-state index in [2.05, 4.69) is 0 Å². The molecule has 0 saturated carbocycles. The number of ether oxygens (including phenoxy) is 1. The molecule has 6 nitrogen and oxygen atoms in total. The molecule has 1 atom stereocenters. The zero-order chi connectivity index (χ0) is 17.9. The van der Waals surface area contributed by atoms with Crippen molar-refractivity contribution in [3.63, 3.8) is 0 Å². The van der Waals surface area contributed by atoms with Gasteiger partial charge in [-0.1, -0.05) is 18.2 Å². The third-order valence-electron chi connectivity index (χ3n) is 5.14. The molecule has 130 valence electrons. The number of carbonyl (C=O) groups is 1. The summed E-state index contributed by atoms with van der Waals surface area (Å²) >= 11 is 0. The predicted molar refractivity (Wildman–Crippen MR) is 92.4 cm³/mol. The minimum atomic E-state index is -1.04. The molecule has 2 aliphatic rings. The van der Waals surface area contributed by atoms with Crippen LogP contribution < -0.4 is 9.64 Å². The number of rotatable bonds is 2.